The highest BCUT2D eigenvalue weighted by molar-refractivity contribution is 5.78. The second kappa shape index (κ2) is 5.63. The van der Waals surface area contributed by atoms with E-state index < -0.39 is 5.60 Å². The van der Waals surface area contributed by atoms with Gasteiger partial charge >= 0.3 is 0 Å². The van der Waals surface area contributed by atoms with Crippen molar-refractivity contribution < 1.29 is 9.84 Å². The summed E-state index contributed by atoms with van der Waals surface area (Å²) in [6, 6.07) is 5.65. The molecule has 3 rings (SSSR count). The van der Waals surface area contributed by atoms with Gasteiger partial charge in [-0.3, -0.25) is 4.90 Å². The molecule has 0 amide bonds. The predicted molar refractivity (Wildman–Crippen MR) is 81.8 cm³/mol. The summed E-state index contributed by atoms with van der Waals surface area (Å²) < 4.78 is 5.31. The quantitative estimate of drug-likeness (QED) is 0.734. The number of nitrogens with two attached hydrogens (primary N) is 1. The fourth-order valence-electron chi connectivity index (χ4n) is 2.88. The maximum Gasteiger partial charge on any atom is 0.121 e. The zero-order chi connectivity index (χ0) is 14.9. The number of benzene rings is 1. The highest BCUT2D eigenvalue weighted by Gasteiger charge is 2.31. The summed E-state index contributed by atoms with van der Waals surface area (Å²) in [6.45, 7) is 2.55. The van der Waals surface area contributed by atoms with Crippen molar-refractivity contribution >= 4 is 16.7 Å². The molecule has 1 aliphatic rings. The average molecular weight is 290 g/mol. The maximum atomic E-state index is 10.5. The molecule has 1 fully saturated rings. The average Bonchev–Trinajstić information content (AvgIpc) is 2.79. The van der Waals surface area contributed by atoms with Gasteiger partial charge in [-0.1, -0.05) is 0 Å². The number of fused-ring (bicyclic) bond motifs is 1. The zero-order valence-corrected chi connectivity index (χ0v) is 12.3. The maximum absolute atomic E-state index is 10.5. The second-order valence-electron chi connectivity index (χ2n) is 5.97. The Labute approximate surface area is 123 Å². The molecule has 6 heteroatoms. The molecule has 6 nitrogen and oxygen atoms in total. The Balaban J connectivity index is 1.66. The molecular formula is C15H22N4O2. The van der Waals surface area contributed by atoms with Crippen molar-refractivity contribution in [2.75, 3.05) is 32.5 Å². The van der Waals surface area contributed by atoms with Crippen LogP contribution in [0.2, 0.25) is 0 Å². The lowest BCUT2D eigenvalue weighted by molar-refractivity contribution is -0.0779. The molecule has 0 aliphatic carbocycles. The van der Waals surface area contributed by atoms with E-state index in [-0.39, 0.29) is 0 Å². The van der Waals surface area contributed by atoms with E-state index in [0.717, 1.165) is 22.5 Å². The van der Waals surface area contributed by atoms with Crippen LogP contribution in [-0.4, -0.2) is 52.4 Å². The van der Waals surface area contributed by atoms with Crippen LogP contribution in [0.4, 0.5) is 5.69 Å². The lowest BCUT2D eigenvalue weighted by Gasteiger charge is -2.35. The molecule has 0 unspecified atom stereocenters. The number of ether oxygens (including phenoxy) is 1. The minimum Gasteiger partial charge on any atom is -0.399 e. The number of hydrogen-bond donors (Lipinski definition) is 3. The monoisotopic (exact) mass is 290 g/mol. The van der Waals surface area contributed by atoms with E-state index in [2.05, 4.69) is 14.9 Å². The fourth-order valence-corrected chi connectivity index (χ4v) is 2.88. The number of nitrogens with zero attached hydrogens (tertiary/aromatic N) is 2. The standard InChI is InChI=1S/C15H22N4O2/c1-19(10-15(20)4-6-21-7-5-15)9-14-17-12-3-2-11(16)8-13(12)18-14/h2-3,8,20H,4-7,9-10,16H2,1H3,(H,17,18). The van der Waals surface area contributed by atoms with Gasteiger partial charge in [0.15, 0.2) is 0 Å². The Hall–Kier alpha value is -1.63. The summed E-state index contributed by atoms with van der Waals surface area (Å²) in [5, 5.41) is 10.5. The number of nitrogen functional groups attached to an aromatic ring is 1. The van der Waals surface area contributed by atoms with Crippen LogP contribution in [0.3, 0.4) is 0 Å². The van der Waals surface area contributed by atoms with Crippen LogP contribution in [-0.2, 0) is 11.3 Å². The number of hydrogen-bond acceptors (Lipinski definition) is 5. The largest absolute Gasteiger partial charge is 0.399 e. The van der Waals surface area contributed by atoms with Crippen molar-refractivity contribution in [3.05, 3.63) is 24.0 Å². The molecule has 1 saturated heterocycles. The summed E-state index contributed by atoms with van der Waals surface area (Å²) in [5.41, 5.74) is 7.71. The molecule has 0 atom stereocenters. The van der Waals surface area contributed by atoms with Crippen molar-refractivity contribution in [2.45, 2.75) is 25.0 Å². The first-order chi connectivity index (χ1) is 10.0. The van der Waals surface area contributed by atoms with Gasteiger partial charge in [-0.05, 0) is 25.2 Å². The first-order valence-corrected chi connectivity index (χ1v) is 7.27. The van der Waals surface area contributed by atoms with Crippen molar-refractivity contribution in [2.24, 2.45) is 0 Å². The normalized spacial score (nSPS) is 18.4. The highest BCUT2D eigenvalue weighted by Crippen LogP contribution is 2.22. The Kier molecular flexibility index (Phi) is 3.84. The van der Waals surface area contributed by atoms with E-state index in [4.69, 9.17) is 10.5 Å². The van der Waals surface area contributed by atoms with Crippen LogP contribution >= 0.6 is 0 Å². The van der Waals surface area contributed by atoms with Crippen molar-refractivity contribution in [1.29, 1.82) is 0 Å². The Morgan fingerprint density at radius 3 is 2.95 bits per heavy atom. The van der Waals surface area contributed by atoms with Crippen LogP contribution < -0.4 is 5.73 Å². The van der Waals surface area contributed by atoms with E-state index in [1.807, 2.05) is 25.2 Å². The molecule has 114 valence electrons. The lowest BCUT2D eigenvalue weighted by atomic mass is 9.94. The number of aromatic amines is 1. The third-order valence-electron chi connectivity index (χ3n) is 3.96. The number of imidazole rings is 1. The van der Waals surface area contributed by atoms with Gasteiger partial charge in [-0.15, -0.1) is 0 Å². The summed E-state index contributed by atoms with van der Waals surface area (Å²) in [5.74, 6) is 0.883. The number of rotatable bonds is 4. The number of aliphatic hydroxyl groups is 1. The van der Waals surface area contributed by atoms with Gasteiger partial charge in [-0.25, -0.2) is 4.98 Å². The Morgan fingerprint density at radius 1 is 1.43 bits per heavy atom. The van der Waals surface area contributed by atoms with Gasteiger partial charge < -0.3 is 20.6 Å². The molecule has 21 heavy (non-hydrogen) atoms. The number of nitrogens with one attached hydrogen (secondary N) is 1. The molecular weight excluding hydrogens is 268 g/mol. The van der Waals surface area contributed by atoms with E-state index in [1.165, 1.54) is 0 Å². The summed E-state index contributed by atoms with van der Waals surface area (Å²) in [7, 11) is 2.00. The predicted octanol–water partition coefficient (Wildman–Crippen LogP) is 1.12. The molecule has 2 heterocycles. The minimum absolute atomic E-state index is 0.621. The van der Waals surface area contributed by atoms with E-state index in [1.54, 1.807) is 0 Å². The summed E-state index contributed by atoms with van der Waals surface area (Å²) in [6.07, 6.45) is 1.38. The van der Waals surface area contributed by atoms with Crippen molar-refractivity contribution in [1.82, 2.24) is 14.9 Å². The smallest absolute Gasteiger partial charge is 0.121 e. The molecule has 1 aromatic heterocycles. The van der Waals surface area contributed by atoms with Gasteiger partial charge in [0.25, 0.3) is 0 Å². The molecule has 0 saturated carbocycles. The van der Waals surface area contributed by atoms with Gasteiger partial charge in [0.05, 0.1) is 23.2 Å². The van der Waals surface area contributed by atoms with Gasteiger partial charge in [0.2, 0.25) is 0 Å². The van der Waals surface area contributed by atoms with E-state index in [0.29, 0.717) is 39.1 Å². The molecule has 0 bridgehead atoms. The third kappa shape index (κ3) is 3.34. The number of anilines is 1. The second-order valence-corrected chi connectivity index (χ2v) is 5.97. The summed E-state index contributed by atoms with van der Waals surface area (Å²) in [4.78, 5) is 9.92. The molecule has 4 N–H and O–H groups in total. The molecule has 1 aromatic carbocycles. The molecule has 0 radical (unpaired) electrons. The van der Waals surface area contributed by atoms with Gasteiger partial charge in [0, 0.05) is 38.3 Å². The van der Waals surface area contributed by atoms with Crippen molar-refractivity contribution in [3.8, 4) is 0 Å². The summed E-state index contributed by atoms with van der Waals surface area (Å²) >= 11 is 0. The van der Waals surface area contributed by atoms with Crippen LogP contribution in [0, 0.1) is 0 Å². The SMILES string of the molecule is CN(Cc1nc2ccc(N)cc2[nH]1)CC1(O)CCOCC1. The molecule has 1 aliphatic heterocycles. The Bertz CT molecular complexity index is 619. The van der Waals surface area contributed by atoms with Gasteiger partial charge in [0.1, 0.15) is 5.82 Å². The Morgan fingerprint density at radius 2 is 2.19 bits per heavy atom. The first kappa shape index (κ1) is 14.3. The van der Waals surface area contributed by atoms with E-state index >= 15 is 0 Å². The van der Waals surface area contributed by atoms with Crippen LogP contribution in [0.25, 0.3) is 11.0 Å². The highest BCUT2D eigenvalue weighted by atomic mass is 16.5. The minimum atomic E-state index is -0.649. The van der Waals surface area contributed by atoms with Crippen LogP contribution in [0.5, 0.6) is 0 Å². The fraction of sp³-hybridized carbons (Fsp3) is 0.533. The third-order valence-corrected chi connectivity index (χ3v) is 3.96. The number of likely N-dealkylation sites (N-methyl/N-ethyl adjacent to an activating group) is 1. The van der Waals surface area contributed by atoms with Crippen molar-refractivity contribution in [3.63, 3.8) is 0 Å². The molecule has 2 aromatic rings. The topological polar surface area (TPSA) is 87.4 Å². The number of aromatic nitrogens is 2. The molecule has 0 spiro atoms. The zero-order valence-electron chi connectivity index (χ0n) is 12.3. The van der Waals surface area contributed by atoms with Gasteiger partial charge in [-0.2, -0.15) is 0 Å². The lowest BCUT2D eigenvalue weighted by Crippen LogP contribution is -2.45. The van der Waals surface area contributed by atoms with Crippen LogP contribution in [0.1, 0.15) is 18.7 Å². The van der Waals surface area contributed by atoms with Crippen LogP contribution in [0.15, 0.2) is 18.2 Å². The van der Waals surface area contributed by atoms with E-state index in [9.17, 15) is 5.11 Å². The number of H-pyrrole nitrogens is 1. The first-order valence-electron chi connectivity index (χ1n) is 7.27.